The second-order valence-corrected chi connectivity index (χ2v) is 5.21. The number of alkyl halides is 1. The molecule has 0 saturated carbocycles. The molecule has 1 saturated heterocycles. The lowest BCUT2D eigenvalue weighted by atomic mass is 10.1. The van der Waals surface area contributed by atoms with Crippen molar-refractivity contribution in [3.05, 3.63) is 18.2 Å². The summed E-state index contributed by atoms with van der Waals surface area (Å²) < 4.78 is 1.79. The largest absolute Gasteiger partial charge is 0.340 e. The molecule has 1 amide bonds. The Balaban J connectivity index is 2.07. The van der Waals surface area contributed by atoms with Gasteiger partial charge in [0, 0.05) is 31.2 Å². The van der Waals surface area contributed by atoms with Gasteiger partial charge in [-0.05, 0) is 12.8 Å². The number of hydrogen-bond donors (Lipinski definition) is 0. The van der Waals surface area contributed by atoms with E-state index in [1.807, 2.05) is 11.9 Å². The van der Waals surface area contributed by atoms with Gasteiger partial charge in [-0.15, -0.1) is 0 Å². The van der Waals surface area contributed by atoms with Crippen molar-refractivity contribution in [2.75, 3.05) is 13.1 Å². The van der Waals surface area contributed by atoms with E-state index in [9.17, 15) is 4.79 Å². The second-order valence-electron chi connectivity index (χ2n) is 3.92. The number of aryl methyl sites for hydroxylation is 1. The highest BCUT2D eigenvalue weighted by Crippen LogP contribution is 2.18. The summed E-state index contributed by atoms with van der Waals surface area (Å²) in [6.07, 6.45) is 5.63. The summed E-state index contributed by atoms with van der Waals surface area (Å²) in [5.41, 5.74) is 0.541. The van der Waals surface area contributed by atoms with Crippen molar-refractivity contribution < 1.29 is 4.79 Å². The zero-order valence-electron chi connectivity index (χ0n) is 8.69. The maximum absolute atomic E-state index is 12.0. The molecule has 1 aliphatic heterocycles. The average Bonchev–Trinajstić information content (AvgIpc) is 2.64. The summed E-state index contributed by atoms with van der Waals surface area (Å²) in [5.74, 6) is 0.0414. The van der Waals surface area contributed by atoms with Crippen LogP contribution >= 0.6 is 15.9 Å². The van der Waals surface area contributed by atoms with Crippen molar-refractivity contribution in [1.82, 2.24) is 14.5 Å². The lowest BCUT2D eigenvalue weighted by molar-refractivity contribution is 0.0724. The molecular formula is C10H14BrN3O. The highest BCUT2D eigenvalue weighted by molar-refractivity contribution is 9.09. The van der Waals surface area contributed by atoms with Gasteiger partial charge in [0.15, 0.2) is 0 Å². The molecule has 15 heavy (non-hydrogen) atoms. The molecule has 0 spiro atoms. The average molecular weight is 272 g/mol. The fourth-order valence-electron chi connectivity index (χ4n) is 1.80. The Kier molecular flexibility index (Phi) is 3.09. The van der Waals surface area contributed by atoms with Crippen LogP contribution in [0.2, 0.25) is 0 Å². The topological polar surface area (TPSA) is 38.1 Å². The van der Waals surface area contributed by atoms with Gasteiger partial charge in [-0.2, -0.15) is 0 Å². The van der Waals surface area contributed by atoms with E-state index in [2.05, 4.69) is 20.9 Å². The number of aromatic nitrogens is 2. The number of rotatable bonds is 1. The number of likely N-dealkylation sites (tertiary alicyclic amines) is 1. The number of nitrogens with zero attached hydrogens (tertiary/aromatic N) is 3. The molecule has 5 heteroatoms. The third-order valence-electron chi connectivity index (χ3n) is 2.58. The van der Waals surface area contributed by atoms with Crippen LogP contribution in [0.3, 0.4) is 0 Å². The van der Waals surface area contributed by atoms with Gasteiger partial charge < -0.3 is 9.47 Å². The molecule has 0 N–H and O–H groups in total. The summed E-state index contributed by atoms with van der Waals surface area (Å²) in [6, 6.07) is 0. The lowest BCUT2D eigenvalue weighted by Crippen LogP contribution is -2.40. The third kappa shape index (κ3) is 2.40. The summed E-state index contributed by atoms with van der Waals surface area (Å²) in [7, 11) is 1.87. The SMILES string of the molecule is Cn1cnc(C(=O)N2CCCC(Br)C2)c1. The maximum Gasteiger partial charge on any atom is 0.274 e. The molecule has 0 radical (unpaired) electrons. The van der Waals surface area contributed by atoms with E-state index in [1.165, 1.54) is 0 Å². The van der Waals surface area contributed by atoms with Gasteiger partial charge in [0.1, 0.15) is 5.69 Å². The third-order valence-corrected chi connectivity index (χ3v) is 3.32. The van der Waals surface area contributed by atoms with Crippen LogP contribution in [-0.2, 0) is 7.05 Å². The Labute approximate surface area is 97.4 Å². The van der Waals surface area contributed by atoms with Crippen molar-refractivity contribution in [3.63, 3.8) is 0 Å². The van der Waals surface area contributed by atoms with Gasteiger partial charge in [-0.1, -0.05) is 15.9 Å². The molecule has 2 heterocycles. The zero-order chi connectivity index (χ0) is 10.8. The van der Waals surface area contributed by atoms with E-state index in [0.717, 1.165) is 25.9 Å². The predicted octanol–water partition coefficient (Wildman–Crippen LogP) is 1.42. The van der Waals surface area contributed by atoms with Gasteiger partial charge in [-0.3, -0.25) is 4.79 Å². The molecule has 1 fully saturated rings. The minimum Gasteiger partial charge on any atom is -0.340 e. The standard InChI is InChI=1S/C10H14BrN3O/c1-13-6-9(12-7-13)10(15)14-4-2-3-8(11)5-14/h6-8H,2-5H2,1H3. The number of carbonyl (C=O) groups excluding carboxylic acids is 1. The molecule has 0 aliphatic carbocycles. The summed E-state index contributed by atoms with van der Waals surface area (Å²) in [6.45, 7) is 1.63. The molecule has 1 unspecified atom stereocenters. The van der Waals surface area contributed by atoms with Crippen LogP contribution < -0.4 is 0 Å². The normalized spacial score (nSPS) is 21.7. The molecule has 1 aromatic heterocycles. The van der Waals surface area contributed by atoms with Crippen molar-refractivity contribution in [2.24, 2.45) is 7.05 Å². The van der Waals surface area contributed by atoms with Crippen molar-refractivity contribution >= 4 is 21.8 Å². The number of piperidine rings is 1. The van der Waals surface area contributed by atoms with E-state index in [0.29, 0.717) is 10.5 Å². The van der Waals surface area contributed by atoms with Gasteiger partial charge >= 0.3 is 0 Å². The van der Waals surface area contributed by atoms with Gasteiger partial charge in [-0.25, -0.2) is 4.98 Å². The molecular weight excluding hydrogens is 258 g/mol. The Hall–Kier alpha value is -0.840. The number of carbonyl (C=O) groups is 1. The minimum absolute atomic E-state index is 0.0414. The number of halogens is 1. The monoisotopic (exact) mass is 271 g/mol. The Bertz CT molecular complexity index is 363. The minimum atomic E-state index is 0.0414. The number of hydrogen-bond acceptors (Lipinski definition) is 2. The molecule has 1 aromatic rings. The Morgan fingerprint density at radius 3 is 3.07 bits per heavy atom. The first-order valence-corrected chi connectivity index (χ1v) is 5.99. The first-order chi connectivity index (χ1) is 7.16. The van der Waals surface area contributed by atoms with E-state index in [4.69, 9.17) is 0 Å². The fraction of sp³-hybridized carbons (Fsp3) is 0.600. The van der Waals surface area contributed by atoms with E-state index in [1.54, 1.807) is 17.1 Å². The van der Waals surface area contributed by atoms with E-state index >= 15 is 0 Å². The Morgan fingerprint density at radius 1 is 1.67 bits per heavy atom. The smallest absolute Gasteiger partial charge is 0.274 e. The molecule has 1 aliphatic rings. The van der Waals surface area contributed by atoms with Gasteiger partial charge in [0.25, 0.3) is 5.91 Å². The van der Waals surface area contributed by atoms with Crippen LogP contribution in [0.1, 0.15) is 23.3 Å². The van der Waals surface area contributed by atoms with Crippen LogP contribution in [-0.4, -0.2) is 38.3 Å². The molecule has 82 valence electrons. The zero-order valence-corrected chi connectivity index (χ0v) is 10.3. The quantitative estimate of drug-likeness (QED) is 0.725. The Morgan fingerprint density at radius 2 is 2.47 bits per heavy atom. The molecule has 2 rings (SSSR count). The first kappa shape index (κ1) is 10.7. The number of amides is 1. The highest BCUT2D eigenvalue weighted by atomic mass is 79.9. The highest BCUT2D eigenvalue weighted by Gasteiger charge is 2.23. The summed E-state index contributed by atoms with van der Waals surface area (Å²) in [4.78, 5) is 18.4. The van der Waals surface area contributed by atoms with Gasteiger partial charge in [0.05, 0.1) is 6.33 Å². The molecule has 4 nitrogen and oxygen atoms in total. The van der Waals surface area contributed by atoms with Crippen molar-refractivity contribution in [3.8, 4) is 0 Å². The van der Waals surface area contributed by atoms with Crippen LogP contribution in [0.15, 0.2) is 12.5 Å². The second kappa shape index (κ2) is 4.35. The van der Waals surface area contributed by atoms with Crippen LogP contribution in [0.5, 0.6) is 0 Å². The van der Waals surface area contributed by atoms with Crippen LogP contribution in [0.25, 0.3) is 0 Å². The molecule has 1 atom stereocenters. The molecule has 0 aromatic carbocycles. The van der Waals surface area contributed by atoms with Crippen LogP contribution in [0.4, 0.5) is 0 Å². The first-order valence-electron chi connectivity index (χ1n) is 5.08. The summed E-state index contributed by atoms with van der Waals surface area (Å²) >= 11 is 3.56. The molecule has 0 bridgehead atoms. The van der Waals surface area contributed by atoms with Crippen molar-refractivity contribution in [2.45, 2.75) is 17.7 Å². The van der Waals surface area contributed by atoms with Gasteiger partial charge in [0.2, 0.25) is 0 Å². The predicted molar refractivity (Wildman–Crippen MR) is 61.1 cm³/mol. The maximum atomic E-state index is 12.0. The van der Waals surface area contributed by atoms with E-state index < -0.39 is 0 Å². The van der Waals surface area contributed by atoms with E-state index in [-0.39, 0.29) is 5.91 Å². The van der Waals surface area contributed by atoms with Crippen LogP contribution in [0, 0.1) is 0 Å². The fourth-order valence-corrected chi connectivity index (χ4v) is 2.47. The number of imidazole rings is 1. The summed E-state index contributed by atoms with van der Waals surface area (Å²) in [5, 5.41) is 0. The van der Waals surface area contributed by atoms with Crippen molar-refractivity contribution in [1.29, 1.82) is 0 Å². The lowest BCUT2D eigenvalue weighted by Gasteiger charge is -2.29.